The third-order valence-electron chi connectivity index (χ3n) is 4.30. The number of halogens is 1. The highest BCUT2D eigenvalue weighted by atomic mass is 35.5. The van der Waals surface area contributed by atoms with Crippen LogP contribution in [0.25, 0.3) is 15.7 Å². The zero-order valence-corrected chi connectivity index (χ0v) is 16.0. The lowest BCUT2D eigenvalue weighted by molar-refractivity contribution is 0.301. The van der Waals surface area contributed by atoms with Crippen molar-refractivity contribution in [2.24, 2.45) is 0 Å². The van der Waals surface area contributed by atoms with Crippen LogP contribution < -0.4 is 15.8 Å². The molecule has 2 aromatic heterocycles. The fourth-order valence-electron chi connectivity index (χ4n) is 2.89. The molecule has 3 N–H and O–H groups in total. The van der Waals surface area contributed by atoms with Crippen molar-refractivity contribution in [2.45, 2.75) is 6.61 Å². The summed E-state index contributed by atoms with van der Waals surface area (Å²) in [4.78, 5) is 12.1. The highest BCUT2D eigenvalue weighted by Gasteiger charge is 2.11. The number of anilines is 3. The van der Waals surface area contributed by atoms with Crippen molar-refractivity contribution < 1.29 is 4.74 Å². The summed E-state index contributed by atoms with van der Waals surface area (Å²) in [6.07, 6.45) is 3.26. The van der Waals surface area contributed by atoms with Crippen molar-refractivity contribution in [2.75, 3.05) is 11.1 Å². The number of pyridine rings is 2. The third kappa shape index (κ3) is 4.05. The molecule has 0 saturated carbocycles. The molecule has 0 unspecified atom stereocenters. The quantitative estimate of drug-likeness (QED) is 0.329. The van der Waals surface area contributed by atoms with Crippen molar-refractivity contribution >= 4 is 45.3 Å². The molecule has 142 valence electrons. The van der Waals surface area contributed by atoms with E-state index >= 15 is 0 Å². The molecular formula is C22H16ClN5O. The monoisotopic (exact) mass is 401 g/mol. The zero-order chi connectivity index (χ0) is 20.2. The van der Waals surface area contributed by atoms with Crippen molar-refractivity contribution in [1.29, 1.82) is 0 Å². The number of rotatable bonds is 5. The number of nitrogens with zero attached hydrogens (tertiary/aromatic N) is 3. The lowest BCUT2D eigenvalue weighted by atomic mass is 10.1. The minimum atomic E-state index is 0.323. The van der Waals surface area contributed by atoms with Gasteiger partial charge in [0.15, 0.2) is 0 Å². The van der Waals surface area contributed by atoms with Gasteiger partial charge in [0.2, 0.25) is 5.69 Å². The minimum Gasteiger partial charge on any atom is -0.486 e. The SMILES string of the molecule is [C-]#[N+]c1cnc2ccc(N)cc2c1Nc1ccc(OCc2ccccn2)c(Cl)c1. The molecule has 0 radical (unpaired) electrons. The van der Waals surface area contributed by atoms with E-state index in [2.05, 4.69) is 20.1 Å². The summed E-state index contributed by atoms with van der Waals surface area (Å²) in [5, 5.41) is 4.49. The lowest BCUT2D eigenvalue weighted by Crippen LogP contribution is -1.99. The lowest BCUT2D eigenvalue weighted by Gasteiger charge is -2.14. The predicted octanol–water partition coefficient (Wildman–Crippen LogP) is 5.74. The number of nitrogens with one attached hydrogen (secondary N) is 1. The van der Waals surface area contributed by atoms with E-state index in [1.807, 2.05) is 30.3 Å². The zero-order valence-electron chi connectivity index (χ0n) is 15.3. The summed E-state index contributed by atoms with van der Waals surface area (Å²) >= 11 is 6.40. The highest BCUT2D eigenvalue weighted by molar-refractivity contribution is 6.32. The van der Waals surface area contributed by atoms with E-state index in [1.54, 1.807) is 36.7 Å². The van der Waals surface area contributed by atoms with Crippen LogP contribution in [0.5, 0.6) is 5.75 Å². The number of fused-ring (bicyclic) bond motifs is 1. The van der Waals surface area contributed by atoms with Crippen LogP contribution in [-0.2, 0) is 6.61 Å². The molecular weight excluding hydrogens is 386 g/mol. The fraction of sp³-hybridized carbons (Fsp3) is 0.0455. The Balaban J connectivity index is 1.61. The van der Waals surface area contributed by atoms with Gasteiger partial charge in [0, 0.05) is 29.2 Å². The fourth-order valence-corrected chi connectivity index (χ4v) is 3.13. The van der Waals surface area contributed by atoms with Crippen molar-refractivity contribution in [1.82, 2.24) is 9.97 Å². The van der Waals surface area contributed by atoms with Crippen LogP contribution in [0.1, 0.15) is 5.69 Å². The molecule has 0 fully saturated rings. The Kier molecular flexibility index (Phi) is 5.14. The Morgan fingerprint density at radius 3 is 2.76 bits per heavy atom. The Hall–Kier alpha value is -3.82. The van der Waals surface area contributed by atoms with Gasteiger partial charge >= 0.3 is 0 Å². The number of nitrogen functional groups attached to an aromatic ring is 1. The van der Waals surface area contributed by atoms with Crippen LogP contribution >= 0.6 is 11.6 Å². The summed E-state index contributed by atoms with van der Waals surface area (Å²) in [5.74, 6) is 0.553. The molecule has 4 aromatic rings. The van der Waals surface area contributed by atoms with Crippen molar-refractivity contribution in [3.05, 3.63) is 89.1 Å². The molecule has 7 heteroatoms. The molecule has 0 amide bonds. The Labute approximate surface area is 172 Å². The van der Waals surface area contributed by atoms with Crippen LogP contribution in [0.4, 0.5) is 22.7 Å². The van der Waals surface area contributed by atoms with Gasteiger partial charge in [0.25, 0.3) is 0 Å². The number of ether oxygens (including phenoxy) is 1. The first-order valence-electron chi connectivity index (χ1n) is 8.79. The maximum Gasteiger partial charge on any atom is 0.228 e. The molecule has 0 aliphatic carbocycles. The maximum atomic E-state index is 7.45. The minimum absolute atomic E-state index is 0.323. The normalized spacial score (nSPS) is 10.5. The van der Waals surface area contributed by atoms with E-state index in [9.17, 15) is 0 Å². The number of nitrogens with two attached hydrogens (primary N) is 1. The van der Waals surface area contributed by atoms with E-state index < -0.39 is 0 Å². The molecule has 29 heavy (non-hydrogen) atoms. The predicted molar refractivity (Wildman–Crippen MR) is 116 cm³/mol. The summed E-state index contributed by atoms with van der Waals surface area (Å²) in [6.45, 7) is 7.78. The second-order valence-electron chi connectivity index (χ2n) is 6.29. The molecule has 0 spiro atoms. The summed E-state index contributed by atoms with van der Waals surface area (Å²) in [6, 6.07) is 16.4. The molecule has 0 bridgehead atoms. The maximum absolute atomic E-state index is 7.45. The van der Waals surface area contributed by atoms with E-state index in [1.165, 1.54) is 0 Å². The van der Waals surface area contributed by atoms with Gasteiger partial charge in [-0.25, -0.2) is 4.85 Å². The van der Waals surface area contributed by atoms with Gasteiger partial charge in [0.05, 0.1) is 28.5 Å². The topological polar surface area (TPSA) is 77.4 Å². The van der Waals surface area contributed by atoms with Crippen LogP contribution in [0.3, 0.4) is 0 Å². The van der Waals surface area contributed by atoms with Crippen LogP contribution in [0.15, 0.2) is 67.0 Å². The summed E-state index contributed by atoms with van der Waals surface area (Å²) in [5.41, 5.74) is 9.84. The summed E-state index contributed by atoms with van der Waals surface area (Å²) in [7, 11) is 0. The van der Waals surface area contributed by atoms with Crippen molar-refractivity contribution in [3.63, 3.8) is 0 Å². The number of aromatic nitrogens is 2. The van der Waals surface area contributed by atoms with Gasteiger partial charge < -0.3 is 15.8 Å². The first-order chi connectivity index (χ1) is 14.1. The first-order valence-corrected chi connectivity index (χ1v) is 9.17. The first kappa shape index (κ1) is 18.5. The van der Waals surface area contributed by atoms with Crippen LogP contribution in [0.2, 0.25) is 5.02 Å². The highest BCUT2D eigenvalue weighted by Crippen LogP contribution is 2.37. The third-order valence-corrected chi connectivity index (χ3v) is 4.59. The van der Waals surface area contributed by atoms with E-state index in [-0.39, 0.29) is 0 Å². The van der Waals surface area contributed by atoms with E-state index in [0.717, 1.165) is 22.3 Å². The van der Waals surface area contributed by atoms with Crippen LogP contribution in [0, 0.1) is 6.57 Å². The van der Waals surface area contributed by atoms with E-state index in [4.69, 9.17) is 28.6 Å². The number of benzene rings is 2. The number of hydrogen-bond acceptors (Lipinski definition) is 5. The van der Waals surface area contributed by atoms with Gasteiger partial charge in [-0.2, -0.15) is 0 Å². The molecule has 6 nitrogen and oxygen atoms in total. The molecule has 2 aromatic carbocycles. The Morgan fingerprint density at radius 2 is 2.00 bits per heavy atom. The Bertz CT molecular complexity index is 1220. The van der Waals surface area contributed by atoms with Crippen LogP contribution in [-0.4, -0.2) is 9.97 Å². The average Bonchev–Trinajstić information content (AvgIpc) is 2.74. The van der Waals surface area contributed by atoms with Gasteiger partial charge in [0.1, 0.15) is 12.4 Å². The summed E-state index contributed by atoms with van der Waals surface area (Å²) < 4.78 is 5.76. The molecule has 0 aliphatic rings. The molecule has 2 heterocycles. The average molecular weight is 402 g/mol. The molecule has 0 saturated heterocycles. The largest absolute Gasteiger partial charge is 0.486 e. The second-order valence-corrected chi connectivity index (χ2v) is 6.69. The van der Waals surface area contributed by atoms with Gasteiger partial charge in [-0.3, -0.25) is 9.97 Å². The standard InChI is InChI=1S/C22H16ClN5O/c1-25-20-12-27-19-7-5-14(24)10-17(19)22(20)28-15-6-8-21(18(23)11-15)29-13-16-4-2-3-9-26-16/h2-12H,13,24H2,(H,27,28). The van der Waals surface area contributed by atoms with E-state index in [0.29, 0.717) is 34.4 Å². The Morgan fingerprint density at radius 1 is 1.10 bits per heavy atom. The smallest absolute Gasteiger partial charge is 0.228 e. The van der Waals surface area contributed by atoms with Gasteiger partial charge in [-0.15, -0.1) is 0 Å². The van der Waals surface area contributed by atoms with Crippen molar-refractivity contribution in [3.8, 4) is 5.75 Å². The second kappa shape index (κ2) is 8.05. The van der Waals surface area contributed by atoms with Gasteiger partial charge in [-0.05, 0) is 48.5 Å². The molecule has 4 rings (SSSR count). The van der Waals surface area contributed by atoms with Gasteiger partial charge in [-0.1, -0.05) is 17.7 Å². The molecule has 0 atom stereocenters. The molecule has 0 aliphatic heterocycles. The number of hydrogen-bond donors (Lipinski definition) is 2.